The van der Waals surface area contributed by atoms with Crippen LogP contribution < -0.4 is 0 Å². The van der Waals surface area contributed by atoms with Crippen molar-refractivity contribution in [2.45, 2.75) is 69.2 Å². The average Bonchev–Trinajstić information content (AvgIpc) is 2.91. The summed E-state index contributed by atoms with van der Waals surface area (Å²) in [5.74, 6) is 0. The number of hydrogen-bond acceptors (Lipinski definition) is 0. The van der Waals surface area contributed by atoms with Gasteiger partial charge in [-0.05, 0) is 15.8 Å². The van der Waals surface area contributed by atoms with Crippen molar-refractivity contribution in [2.24, 2.45) is 0 Å². The molecule has 3 heteroatoms. The van der Waals surface area contributed by atoms with Gasteiger partial charge in [0.2, 0.25) is 0 Å². The molecule has 0 nitrogen and oxygen atoms in total. The van der Waals surface area contributed by atoms with E-state index in [-0.39, 0.29) is 47.0 Å². The van der Waals surface area contributed by atoms with Gasteiger partial charge in [-0.25, -0.2) is 34.6 Å². The Morgan fingerprint density at radius 3 is 0.828 bits per heavy atom. The van der Waals surface area contributed by atoms with E-state index in [1.54, 1.807) is 0 Å². The van der Waals surface area contributed by atoms with Gasteiger partial charge in [-0.3, -0.25) is 0 Å². The van der Waals surface area contributed by atoms with Gasteiger partial charge in [-0.1, -0.05) is 34.6 Å². The van der Waals surface area contributed by atoms with Crippen LogP contribution in [0.25, 0.3) is 0 Å². The van der Waals surface area contributed by atoms with Crippen molar-refractivity contribution < 1.29 is 31.1 Å². The fourth-order valence-corrected chi connectivity index (χ4v) is 7.31. The zero-order valence-electron chi connectivity index (χ0n) is 21.9. The van der Waals surface area contributed by atoms with Crippen LogP contribution in [0.2, 0.25) is 0 Å². The van der Waals surface area contributed by atoms with Crippen LogP contribution in [0.3, 0.4) is 0 Å². The zero-order valence-corrected chi connectivity index (χ0v) is 28.1. The zero-order chi connectivity index (χ0) is 22.3. The summed E-state index contributed by atoms with van der Waals surface area (Å²) in [4.78, 5) is 0. The molecule has 0 saturated carbocycles. The van der Waals surface area contributed by atoms with E-state index < -0.39 is 0 Å². The minimum absolute atomic E-state index is 0. The van der Waals surface area contributed by atoms with E-state index in [9.17, 15) is 0 Å². The normalized spacial score (nSPS) is 10.3. The van der Waals surface area contributed by atoms with E-state index in [4.69, 9.17) is 0 Å². The maximum atomic E-state index is 2.40. The van der Waals surface area contributed by atoms with E-state index >= 15 is 0 Å². The summed E-state index contributed by atoms with van der Waals surface area (Å²) >= 11 is 0. The summed E-state index contributed by atoms with van der Waals surface area (Å²) in [6, 6.07) is 0. The SMILES string of the molecule is C[PH+](C)CC[PH+](C)C.C[c-]1[c-](C)[c-](C)[c-](C)[c-]1C.Cc1c(C)c(C)[c-](C)c1C.[U]. The van der Waals surface area contributed by atoms with Gasteiger partial charge in [0.1, 0.15) is 0 Å². The summed E-state index contributed by atoms with van der Waals surface area (Å²) in [6.07, 6.45) is 3.07. The van der Waals surface area contributed by atoms with Crippen molar-refractivity contribution in [3.63, 3.8) is 0 Å². The Morgan fingerprint density at radius 2 is 0.724 bits per heavy atom. The van der Waals surface area contributed by atoms with Crippen LogP contribution in [-0.2, 0) is 0 Å². The van der Waals surface area contributed by atoms with E-state index in [0.29, 0.717) is 0 Å². The van der Waals surface area contributed by atoms with Gasteiger partial charge in [0.15, 0.2) is 0 Å². The van der Waals surface area contributed by atoms with Crippen molar-refractivity contribution >= 4 is 15.8 Å². The molecule has 0 aromatic heterocycles. The molecule has 0 N–H and O–H groups in total. The second-order valence-corrected chi connectivity index (χ2v) is 15.0. The van der Waals surface area contributed by atoms with Gasteiger partial charge >= 0.3 is 0 Å². The molecule has 0 amide bonds. The first-order valence-corrected chi connectivity index (χ1v) is 16.1. The van der Waals surface area contributed by atoms with Gasteiger partial charge < -0.3 is 27.8 Å². The Balaban J connectivity index is 0. The maximum absolute atomic E-state index is 2.40. The summed E-state index contributed by atoms with van der Waals surface area (Å²) in [7, 11) is 0.191. The van der Waals surface area contributed by atoms with Gasteiger partial charge in [-0.2, -0.15) is 27.8 Å². The van der Waals surface area contributed by atoms with Crippen LogP contribution in [0.15, 0.2) is 0 Å². The molecule has 0 spiro atoms. The minimum Gasteiger partial charge on any atom is -0.731 e. The van der Waals surface area contributed by atoms with Crippen molar-refractivity contribution in [3.8, 4) is 0 Å². The third-order valence-corrected chi connectivity index (χ3v) is 9.75. The molecule has 0 fully saturated rings. The molecule has 0 aliphatic rings. The third kappa shape index (κ3) is 9.74. The Bertz CT molecular complexity index is 521. The molecule has 2 aromatic carbocycles. The maximum Gasteiger partial charge on any atom is 0.0899 e. The Kier molecular flexibility index (Phi) is 16.0. The first kappa shape index (κ1) is 31.8. The summed E-state index contributed by atoms with van der Waals surface area (Å²) < 4.78 is 0. The largest absolute Gasteiger partial charge is 0.731 e. The predicted octanol–water partition coefficient (Wildman–Crippen LogP) is 7.83. The molecule has 0 saturated heterocycles. The standard InChI is InChI=1S/2C10H15.C6H16P2.U/c2*1-6-7(2)9(4)10(5)8(6)3;1-7(2)5-6-8(3)4;/h2*1-5H3;5-6H2,1-4H3;/q-5;-1;;/p+2. The van der Waals surface area contributed by atoms with E-state index in [1.165, 1.54) is 68.0 Å². The molecule has 2 aromatic rings. The molecule has 29 heavy (non-hydrogen) atoms. The Hall–Kier alpha value is 0.612. The Labute approximate surface area is 209 Å². The van der Waals surface area contributed by atoms with Crippen LogP contribution in [-0.4, -0.2) is 39.0 Å². The molecule has 0 atom stereocenters. The molecule has 0 heterocycles. The smallest absolute Gasteiger partial charge is 0.0899 e. The van der Waals surface area contributed by atoms with Crippen LogP contribution in [0.1, 0.15) is 55.6 Å². The third-order valence-electron chi connectivity index (χ3n) is 6.75. The van der Waals surface area contributed by atoms with Crippen molar-refractivity contribution in [2.75, 3.05) is 39.0 Å². The van der Waals surface area contributed by atoms with Crippen molar-refractivity contribution in [1.82, 2.24) is 0 Å². The number of hydrogen-bond donors (Lipinski definition) is 0. The average molecular weight is 661 g/mol. The van der Waals surface area contributed by atoms with E-state index in [0.717, 1.165) is 0 Å². The molecular formula is C26H48P2U-4. The van der Waals surface area contributed by atoms with Crippen LogP contribution >= 0.6 is 15.8 Å². The fourth-order valence-electron chi connectivity index (χ4n) is 3.31. The molecule has 0 aliphatic carbocycles. The van der Waals surface area contributed by atoms with Crippen LogP contribution in [0.5, 0.6) is 0 Å². The molecule has 0 unspecified atom stereocenters. The second-order valence-electron chi connectivity index (χ2n) is 9.16. The molecule has 0 bridgehead atoms. The first-order chi connectivity index (χ1) is 12.7. The topological polar surface area (TPSA) is 0 Å². The monoisotopic (exact) mass is 660 g/mol. The summed E-state index contributed by atoms with van der Waals surface area (Å²) in [5.41, 5.74) is 14.7. The quantitative estimate of drug-likeness (QED) is 0.233. The first-order valence-electron chi connectivity index (χ1n) is 10.7. The predicted molar refractivity (Wildman–Crippen MR) is 141 cm³/mol. The van der Waals surface area contributed by atoms with Crippen LogP contribution in [0.4, 0.5) is 0 Å². The molecule has 2 rings (SSSR count). The van der Waals surface area contributed by atoms with E-state index in [1.807, 2.05) is 0 Å². The summed E-state index contributed by atoms with van der Waals surface area (Å²) in [6.45, 7) is 31.6. The molecular weight excluding hydrogens is 612 g/mol. The minimum atomic E-state index is 0. The number of rotatable bonds is 3. The molecule has 0 radical (unpaired) electrons. The van der Waals surface area contributed by atoms with E-state index in [2.05, 4.69) is 95.9 Å². The van der Waals surface area contributed by atoms with Gasteiger partial charge in [0, 0.05) is 57.8 Å². The van der Waals surface area contributed by atoms with Crippen LogP contribution in [0, 0.1) is 100 Å². The molecule has 0 aliphatic heterocycles. The fraction of sp³-hybridized carbons (Fsp3) is 0.615. The van der Waals surface area contributed by atoms with Gasteiger partial charge in [0.05, 0.1) is 12.3 Å². The summed E-state index contributed by atoms with van der Waals surface area (Å²) in [5, 5.41) is 0. The van der Waals surface area contributed by atoms with Gasteiger partial charge in [-0.15, -0.1) is 0 Å². The van der Waals surface area contributed by atoms with Crippen molar-refractivity contribution in [1.29, 1.82) is 0 Å². The van der Waals surface area contributed by atoms with Gasteiger partial charge in [0.25, 0.3) is 0 Å². The Morgan fingerprint density at radius 1 is 0.517 bits per heavy atom. The molecule has 170 valence electrons. The second kappa shape index (κ2) is 14.6. The van der Waals surface area contributed by atoms with Crippen molar-refractivity contribution in [3.05, 3.63) is 55.6 Å².